The predicted molar refractivity (Wildman–Crippen MR) is 57.0 cm³/mol. The molecule has 0 aliphatic rings. The highest BCUT2D eigenvalue weighted by atomic mass is 35.5. The van der Waals surface area contributed by atoms with Crippen LogP contribution in [0.15, 0.2) is 23.0 Å². The molecule has 2 aromatic rings. The lowest BCUT2D eigenvalue weighted by atomic mass is 10.1. The molecular formula is C9H6ClFN2OS. The van der Waals surface area contributed by atoms with Crippen LogP contribution in [0.4, 0.5) is 4.39 Å². The first kappa shape index (κ1) is 10.3. The molecule has 2 rings (SSSR count). The fourth-order valence-corrected chi connectivity index (χ4v) is 1.90. The van der Waals surface area contributed by atoms with E-state index in [1.165, 1.54) is 12.1 Å². The van der Waals surface area contributed by atoms with E-state index < -0.39 is 5.82 Å². The van der Waals surface area contributed by atoms with Crippen LogP contribution >= 0.6 is 23.1 Å². The molecule has 0 radical (unpaired) electrons. The van der Waals surface area contributed by atoms with Gasteiger partial charge in [0.15, 0.2) is 0 Å². The fourth-order valence-electron chi connectivity index (χ4n) is 1.21. The van der Waals surface area contributed by atoms with Crippen molar-refractivity contribution in [1.82, 2.24) is 9.36 Å². The van der Waals surface area contributed by atoms with Gasteiger partial charge in [-0.05, 0) is 12.1 Å². The van der Waals surface area contributed by atoms with Crippen molar-refractivity contribution in [3.8, 4) is 0 Å². The van der Waals surface area contributed by atoms with Gasteiger partial charge in [0, 0.05) is 28.5 Å². The summed E-state index contributed by atoms with van der Waals surface area (Å²) in [6, 6.07) is 4.46. The predicted octanol–water partition coefficient (Wildman–Crippen LogP) is 2.21. The molecule has 0 fully saturated rings. The standard InChI is InChI=1S/C9H6ClFN2OS/c10-6-2-1-3-7(11)5(6)4-8-12-9(14)15-13-8/h1-3H,4H2,(H,12,13,14). The zero-order valence-electron chi connectivity index (χ0n) is 7.46. The molecule has 0 bridgehead atoms. The molecule has 0 unspecified atom stereocenters. The first-order valence-corrected chi connectivity index (χ1v) is 5.29. The third-order valence-electron chi connectivity index (χ3n) is 1.89. The number of rotatable bonds is 2. The molecule has 78 valence electrons. The van der Waals surface area contributed by atoms with Gasteiger partial charge in [-0.1, -0.05) is 17.7 Å². The second kappa shape index (κ2) is 4.12. The van der Waals surface area contributed by atoms with Crippen LogP contribution in [0, 0.1) is 5.82 Å². The summed E-state index contributed by atoms with van der Waals surface area (Å²) >= 11 is 6.64. The first-order chi connectivity index (χ1) is 7.16. The molecule has 0 atom stereocenters. The maximum atomic E-state index is 13.3. The SMILES string of the molecule is O=c1[nH]c(Cc2c(F)cccc2Cl)ns1. The average Bonchev–Trinajstić information content (AvgIpc) is 2.58. The lowest BCUT2D eigenvalue weighted by Crippen LogP contribution is -1.99. The largest absolute Gasteiger partial charge is 0.323 e. The van der Waals surface area contributed by atoms with Crippen LogP contribution in [-0.2, 0) is 6.42 Å². The van der Waals surface area contributed by atoms with Gasteiger partial charge in [0.05, 0.1) is 0 Å². The molecule has 1 aromatic heterocycles. The number of H-pyrrole nitrogens is 1. The molecule has 6 heteroatoms. The van der Waals surface area contributed by atoms with Gasteiger partial charge in [0.2, 0.25) is 0 Å². The van der Waals surface area contributed by atoms with E-state index >= 15 is 0 Å². The van der Waals surface area contributed by atoms with Gasteiger partial charge in [-0.3, -0.25) is 9.78 Å². The molecule has 1 N–H and O–H groups in total. The summed E-state index contributed by atoms with van der Waals surface area (Å²) < 4.78 is 17.2. The Morgan fingerprint density at radius 1 is 1.53 bits per heavy atom. The van der Waals surface area contributed by atoms with Gasteiger partial charge >= 0.3 is 4.87 Å². The third-order valence-corrected chi connectivity index (χ3v) is 2.82. The quantitative estimate of drug-likeness (QED) is 0.881. The molecular weight excluding hydrogens is 239 g/mol. The molecule has 0 amide bonds. The molecule has 0 aliphatic heterocycles. The number of aromatic amines is 1. The Morgan fingerprint density at radius 3 is 2.93 bits per heavy atom. The lowest BCUT2D eigenvalue weighted by molar-refractivity contribution is 0.612. The summed E-state index contributed by atoms with van der Waals surface area (Å²) in [6.07, 6.45) is 0.199. The Morgan fingerprint density at radius 2 is 2.33 bits per heavy atom. The van der Waals surface area contributed by atoms with E-state index in [9.17, 15) is 9.18 Å². The minimum absolute atomic E-state index is 0.199. The minimum atomic E-state index is -0.392. The summed E-state index contributed by atoms with van der Waals surface area (Å²) in [6.45, 7) is 0. The Hall–Kier alpha value is -1.20. The van der Waals surface area contributed by atoms with E-state index in [2.05, 4.69) is 9.36 Å². The van der Waals surface area contributed by atoms with Gasteiger partial charge in [-0.25, -0.2) is 4.39 Å². The molecule has 1 heterocycles. The minimum Gasteiger partial charge on any atom is -0.299 e. The van der Waals surface area contributed by atoms with Crippen LogP contribution in [0.1, 0.15) is 11.4 Å². The maximum Gasteiger partial charge on any atom is 0.323 e. The molecule has 15 heavy (non-hydrogen) atoms. The number of aromatic nitrogens is 2. The molecule has 0 aliphatic carbocycles. The Labute approximate surface area is 93.7 Å². The first-order valence-electron chi connectivity index (χ1n) is 4.14. The van der Waals surface area contributed by atoms with Crippen molar-refractivity contribution >= 4 is 23.1 Å². The summed E-state index contributed by atoms with van der Waals surface area (Å²) in [5, 5.41) is 0.337. The molecule has 0 saturated heterocycles. The van der Waals surface area contributed by atoms with Gasteiger partial charge in [0.25, 0.3) is 0 Å². The fraction of sp³-hybridized carbons (Fsp3) is 0.111. The average molecular weight is 245 g/mol. The van der Waals surface area contributed by atoms with E-state index in [-0.39, 0.29) is 11.3 Å². The monoisotopic (exact) mass is 244 g/mol. The van der Waals surface area contributed by atoms with Crippen LogP contribution in [0.25, 0.3) is 0 Å². The van der Waals surface area contributed by atoms with Crippen molar-refractivity contribution < 1.29 is 4.39 Å². The lowest BCUT2D eigenvalue weighted by Gasteiger charge is -2.02. The summed E-state index contributed by atoms with van der Waals surface area (Å²) in [5.74, 6) is 0.0355. The molecule has 0 spiro atoms. The summed E-state index contributed by atoms with van der Waals surface area (Å²) in [4.78, 5) is 13.1. The zero-order valence-corrected chi connectivity index (χ0v) is 9.03. The topological polar surface area (TPSA) is 45.8 Å². The normalized spacial score (nSPS) is 10.5. The summed E-state index contributed by atoms with van der Waals surface area (Å²) in [7, 11) is 0. The van der Waals surface area contributed by atoms with E-state index in [1.807, 2.05) is 0 Å². The molecule has 0 saturated carbocycles. The number of hydrogen-bond acceptors (Lipinski definition) is 3. The third kappa shape index (κ3) is 2.24. The number of nitrogens with one attached hydrogen (secondary N) is 1. The maximum absolute atomic E-state index is 13.3. The van der Waals surface area contributed by atoms with Crippen molar-refractivity contribution in [3.63, 3.8) is 0 Å². The van der Waals surface area contributed by atoms with E-state index in [4.69, 9.17) is 11.6 Å². The van der Waals surface area contributed by atoms with Crippen molar-refractivity contribution in [1.29, 1.82) is 0 Å². The van der Waals surface area contributed by atoms with Crippen LogP contribution in [0.5, 0.6) is 0 Å². The van der Waals surface area contributed by atoms with Crippen molar-refractivity contribution in [2.45, 2.75) is 6.42 Å². The van der Waals surface area contributed by atoms with Gasteiger partial charge < -0.3 is 0 Å². The molecule has 1 aromatic carbocycles. The van der Waals surface area contributed by atoms with Crippen molar-refractivity contribution in [2.75, 3.05) is 0 Å². The van der Waals surface area contributed by atoms with Gasteiger partial charge in [0.1, 0.15) is 11.6 Å². The van der Waals surface area contributed by atoms with Crippen LogP contribution < -0.4 is 4.87 Å². The van der Waals surface area contributed by atoms with E-state index in [1.54, 1.807) is 6.07 Å². The zero-order chi connectivity index (χ0) is 10.8. The van der Waals surface area contributed by atoms with Crippen molar-refractivity contribution in [3.05, 3.63) is 50.1 Å². The highest BCUT2D eigenvalue weighted by Crippen LogP contribution is 2.20. The Kier molecular flexibility index (Phi) is 2.83. The Balaban J connectivity index is 2.35. The van der Waals surface area contributed by atoms with E-state index in [0.717, 1.165) is 11.5 Å². The second-order valence-electron chi connectivity index (χ2n) is 2.92. The summed E-state index contributed by atoms with van der Waals surface area (Å²) in [5.41, 5.74) is 0.348. The number of benzene rings is 1. The highest BCUT2D eigenvalue weighted by molar-refractivity contribution is 7.02. The number of hydrogen-bond donors (Lipinski definition) is 1. The van der Waals surface area contributed by atoms with Crippen molar-refractivity contribution in [2.24, 2.45) is 0 Å². The Bertz CT molecular complexity index is 517. The van der Waals surface area contributed by atoms with Crippen LogP contribution in [0.3, 0.4) is 0 Å². The second-order valence-corrected chi connectivity index (χ2v) is 4.06. The van der Waals surface area contributed by atoms with E-state index in [0.29, 0.717) is 16.4 Å². The van der Waals surface area contributed by atoms with Crippen LogP contribution in [0.2, 0.25) is 5.02 Å². The van der Waals surface area contributed by atoms with Gasteiger partial charge in [-0.15, -0.1) is 0 Å². The number of nitrogens with zero attached hydrogens (tertiary/aromatic N) is 1. The molecule has 3 nitrogen and oxygen atoms in total. The smallest absolute Gasteiger partial charge is 0.299 e. The van der Waals surface area contributed by atoms with Crippen LogP contribution in [-0.4, -0.2) is 9.36 Å². The van der Waals surface area contributed by atoms with Gasteiger partial charge in [-0.2, -0.15) is 4.37 Å². The highest BCUT2D eigenvalue weighted by Gasteiger charge is 2.09. The number of halogens is 2.